The van der Waals surface area contributed by atoms with E-state index in [4.69, 9.17) is 0 Å². The van der Waals surface area contributed by atoms with Gasteiger partial charge in [0.25, 0.3) is 0 Å². The van der Waals surface area contributed by atoms with E-state index >= 15 is 0 Å². The van der Waals surface area contributed by atoms with E-state index in [2.05, 4.69) is 25.9 Å². The summed E-state index contributed by atoms with van der Waals surface area (Å²) in [6, 6.07) is 11.4. The second-order valence-electron chi connectivity index (χ2n) is 4.49. The standard InChI is InChI=1S/C16H11BrN2O/c17-12-7-11(9-18-10-12)8-16(20)14-5-6-19-15-4-2-1-3-13(14)15/h1-7,9-10H,8H2. The summed E-state index contributed by atoms with van der Waals surface area (Å²) in [5.41, 5.74) is 2.44. The van der Waals surface area contributed by atoms with Crippen molar-refractivity contribution in [2.75, 3.05) is 0 Å². The normalized spacial score (nSPS) is 10.7. The van der Waals surface area contributed by atoms with Crippen molar-refractivity contribution in [3.8, 4) is 0 Å². The Balaban J connectivity index is 1.97. The first kappa shape index (κ1) is 12.9. The van der Waals surface area contributed by atoms with E-state index in [1.54, 1.807) is 24.7 Å². The highest BCUT2D eigenvalue weighted by molar-refractivity contribution is 9.10. The van der Waals surface area contributed by atoms with E-state index in [1.807, 2.05) is 30.3 Å². The van der Waals surface area contributed by atoms with Crippen LogP contribution in [0.5, 0.6) is 0 Å². The van der Waals surface area contributed by atoms with Gasteiger partial charge in [0.15, 0.2) is 5.78 Å². The number of hydrogen-bond donors (Lipinski definition) is 0. The molecule has 0 aliphatic rings. The zero-order valence-electron chi connectivity index (χ0n) is 10.6. The van der Waals surface area contributed by atoms with Crippen LogP contribution < -0.4 is 0 Å². The van der Waals surface area contributed by atoms with Crippen molar-refractivity contribution in [2.45, 2.75) is 6.42 Å². The Morgan fingerprint density at radius 1 is 1.15 bits per heavy atom. The highest BCUT2D eigenvalue weighted by atomic mass is 79.9. The van der Waals surface area contributed by atoms with Gasteiger partial charge in [-0.25, -0.2) is 0 Å². The SMILES string of the molecule is O=C(Cc1cncc(Br)c1)c1ccnc2ccccc12. The Hall–Kier alpha value is -2.07. The molecule has 0 bridgehead atoms. The average molecular weight is 327 g/mol. The molecule has 0 amide bonds. The number of ketones is 1. The van der Waals surface area contributed by atoms with Gasteiger partial charge in [-0.15, -0.1) is 0 Å². The summed E-state index contributed by atoms with van der Waals surface area (Å²) in [5, 5.41) is 0.892. The van der Waals surface area contributed by atoms with Crippen LogP contribution in [0.2, 0.25) is 0 Å². The highest BCUT2D eigenvalue weighted by Gasteiger charge is 2.11. The Labute approximate surface area is 124 Å². The lowest BCUT2D eigenvalue weighted by Crippen LogP contribution is -2.05. The predicted molar refractivity (Wildman–Crippen MR) is 81.7 cm³/mol. The second-order valence-corrected chi connectivity index (χ2v) is 5.40. The molecule has 3 nitrogen and oxygen atoms in total. The molecule has 0 unspecified atom stereocenters. The first-order valence-corrected chi connectivity index (χ1v) is 7.00. The molecule has 1 aromatic carbocycles. The molecule has 3 aromatic rings. The molecule has 0 N–H and O–H groups in total. The van der Waals surface area contributed by atoms with Crippen LogP contribution in [0.4, 0.5) is 0 Å². The fourth-order valence-corrected chi connectivity index (χ4v) is 2.58. The van der Waals surface area contributed by atoms with Gasteiger partial charge in [-0.1, -0.05) is 18.2 Å². The van der Waals surface area contributed by atoms with Crippen molar-refractivity contribution < 1.29 is 4.79 Å². The van der Waals surface area contributed by atoms with E-state index in [0.29, 0.717) is 12.0 Å². The van der Waals surface area contributed by atoms with Gasteiger partial charge in [-0.05, 0) is 39.7 Å². The maximum atomic E-state index is 12.5. The average Bonchev–Trinajstić information content (AvgIpc) is 2.46. The van der Waals surface area contributed by atoms with Crippen molar-refractivity contribution in [1.29, 1.82) is 0 Å². The van der Waals surface area contributed by atoms with Crippen LogP contribution in [0.1, 0.15) is 15.9 Å². The van der Waals surface area contributed by atoms with Crippen LogP contribution in [-0.4, -0.2) is 15.8 Å². The minimum atomic E-state index is 0.0727. The third kappa shape index (κ3) is 2.60. The smallest absolute Gasteiger partial charge is 0.168 e. The van der Waals surface area contributed by atoms with E-state index in [0.717, 1.165) is 20.9 Å². The monoisotopic (exact) mass is 326 g/mol. The Morgan fingerprint density at radius 2 is 2.00 bits per heavy atom. The number of halogens is 1. The Kier molecular flexibility index (Phi) is 3.56. The van der Waals surface area contributed by atoms with E-state index in [9.17, 15) is 4.79 Å². The molecule has 0 saturated heterocycles. The maximum Gasteiger partial charge on any atom is 0.168 e. The molecule has 3 rings (SSSR count). The molecule has 2 aromatic heterocycles. The number of para-hydroxylation sites is 1. The highest BCUT2D eigenvalue weighted by Crippen LogP contribution is 2.19. The van der Waals surface area contributed by atoms with Crippen LogP contribution in [0.3, 0.4) is 0 Å². The molecule has 0 aliphatic carbocycles. The van der Waals surface area contributed by atoms with Gasteiger partial charge in [0.2, 0.25) is 0 Å². The van der Waals surface area contributed by atoms with Gasteiger partial charge >= 0.3 is 0 Å². The Morgan fingerprint density at radius 3 is 2.85 bits per heavy atom. The number of carbonyl (C=O) groups excluding carboxylic acids is 1. The molecule has 0 spiro atoms. The summed E-state index contributed by atoms with van der Waals surface area (Å²) in [6.45, 7) is 0. The first-order chi connectivity index (χ1) is 9.74. The second kappa shape index (κ2) is 5.51. The van der Waals surface area contributed by atoms with Crippen LogP contribution in [-0.2, 0) is 6.42 Å². The molecule has 4 heteroatoms. The molecule has 0 fully saturated rings. The molecule has 0 aliphatic heterocycles. The summed E-state index contributed by atoms with van der Waals surface area (Å²) in [6.07, 6.45) is 5.43. The van der Waals surface area contributed by atoms with Gasteiger partial charge in [-0.2, -0.15) is 0 Å². The molecule has 2 heterocycles. The number of fused-ring (bicyclic) bond motifs is 1. The van der Waals surface area contributed by atoms with E-state index in [-0.39, 0.29) is 5.78 Å². The molecule has 0 saturated carbocycles. The third-order valence-corrected chi connectivity index (χ3v) is 3.51. The number of rotatable bonds is 3. The molecular formula is C16H11BrN2O. The van der Waals surface area contributed by atoms with Crippen molar-refractivity contribution >= 4 is 32.6 Å². The summed E-state index contributed by atoms with van der Waals surface area (Å²) in [7, 11) is 0. The predicted octanol–water partition coefficient (Wildman–Crippen LogP) is 3.82. The van der Waals surface area contributed by atoms with Gasteiger partial charge in [0, 0.05) is 40.4 Å². The van der Waals surface area contributed by atoms with Crippen LogP contribution in [0.25, 0.3) is 10.9 Å². The lowest BCUT2D eigenvalue weighted by molar-refractivity contribution is 0.0994. The lowest BCUT2D eigenvalue weighted by Gasteiger charge is -2.05. The quantitative estimate of drug-likeness (QED) is 0.687. The summed E-state index contributed by atoms with van der Waals surface area (Å²) in [5.74, 6) is 0.0727. The number of pyridine rings is 2. The summed E-state index contributed by atoms with van der Waals surface area (Å²) < 4.78 is 0.877. The minimum Gasteiger partial charge on any atom is -0.294 e. The first-order valence-electron chi connectivity index (χ1n) is 6.20. The maximum absolute atomic E-state index is 12.5. The molecule has 0 radical (unpaired) electrons. The van der Waals surface area contributed by atoms with Crippen molar-refractivity contribution in [3.05, 3.63) is 70.6 Å². The van der Waals surface area contributed by atoms with Gasteiger partial charge in [0.1, 0.15) is 0 Å². The number of Topliss-reactive ketones (excluding diaryl/α,β-unsaturated/α-hetero) is 1. The fourth-order valence-electron chi connectivity index (χ4n) is 2.17. The summed E-state index contributed by atoms with van der Waals surface area (Å²) in [4.78, 5) is 20.8. The largest absolute Gasteiger partial charge is 0.294 e. The number of benzene rings is 1. The lowest BCUT2D eigenvalue weighted by atomic mass is 10.0. The van der Waals surface area contributed by atoms with Crippen molar-refractivity contribution in [3.63, 3.8) is 0 Å². The van der Waals surface area contributed by atoms with E-state index < -0.39 is 0 Å². The minimum absolute atomic E-state index is 0.0727. The zero-order chi connectivity index (χ0) is 13.9. The summed E-state index contributed by atoms with van der Waals surface area (Å²) >= 11 is 3.36. The number of nitrogens with zero attached hydrogens (tertiary/aromatic N) is 2. The van der Waals surface area contributed by atoms with Crippen molar-refractivity contribution in [1.82, 2.24) is 9.97 Å². The number of carbonyl (C=O) groups is 1. The number of aromatic nitrogens is 2. The van der Waals surface area contributed by atoms with Gasteiger partial charge < -0.3 is 0 Å². The van der Waals surface area contributed by atoms with Gasteiger partial charge in [-0.3, -0.25) is 14.8 Å². The molecule has 0 atom stereocenters. The fraction of sp³-hybridized carbons (Fsp3) is 0.0625. The Bertz CT molecular complexity index is 781. The molecular weight excluding hydrogens is 316 g/mol. The van der Waals surface area contributed by atoms with Crippen LogP contribution in [0.15, 0.2) is 59.5 Å². The van der Waals surface area contributed by atoms with Crippen molar-refractivity contribution in [2.24, 2.45) is 0 Å². The molecule has 98 valence electrons. The molecule has 20 heavy (non-hydrogen) atoms. The van der Waals surface area contributed by atoms with Crippen LogP contribution in [0, 0.1) is 0 Å². The van der Waals surface area contributed by atoms with E-state index in [1.165, 1.54) is 0 Å². The van der Waals surface area contributed by atoms with Gasteiger partial charge in [0.05, 0.1) is 5.52 Å². The van der Waals surface area contributed by atoms with Crippen LogP contribution >= 0.6 is 15.9 Å². The topological polar surface area (TPSA) is 42.9 Å². The number of hydrogen-bond acceptors (Lipinski definition) is 3. The third-order valence-electron chi connectivity index (χ3n) is 3.08. The zero-order valence-corrected chi connectivity index (χ0v) is 12.2.